The molecule has 3 amide bonds. The van der Waals surface area contributed by atoms with Crippen LogP contribution >= 0.6 is 11.6 Å². The van der Waals surface area contributed by atoms with E-state index in [4.69, 9.17) is 21.1 Å². The Hall–Kier alpha value is -2.40. The average molecular weight is 556 g/mol. The third-order valence-corrected chi connectivity index (χ3v) is 7.04. The second kappa shape index (κ2) is 12.6. The molecule has 1 aromatic rings. The monoisotopic (exact) mass is 555 g/mol. The topological polar surface area (TPSA) is 137 Å². The third kappa shape index (κ3) is 8.05. The highest BCUT2D eigenvalue weighted by atomic mass is 35.5. The molecule has 3 atom stereocenters. The van der Waals surface area contributed by atoms with Gasteiger partial charge < -0.3 is 35.2 Å². The number of nitrogens with one attached hydrogen (secondary N) is 2. The van der Waals surface area contributed by atoms with E-state index in [1.165, 1.54) is 6.92 Å². The molecule has 1 unspecified atom stereocenters. The molecule has 0 radical (unpaired) electrons. The molecule has 1 fully saturated rings. The van der Waals surface area contributed by atoms with Gasteiger partial charge in [0.25, 0.3) is 0 Å². The molecular formula is C27H42ClN3O7. The van der Waals surface area contributed by atoms with Crippen molar-refractivity contribution in [1.82, 2.24) is 15.5 Å². The fourth-order valence-electron chi connectivity index (χ4n) is 4.62. The molecule has 0 aliphatic carbocycles. The van der Waals surface area contributed by atoms with Crippen LogP contribution in [0.3, 0.4) is 0 Å². The van der Waals surface area contributed by atoms with Crippen molar-refractivity contribution in [2.75, 3.05) is 26.4 Å². The van der Waals surface area contributed by atoms with Crippen LogP contribution in [0.25, 0.3) is 0 Å². The average Bonchev–Trinajstić information content (AvgIpc) is 2.81. The van der Waals surface area contributed by atoms with E-state index in [-0.39, 0.29) is 25.2 Å². The maximum absolute atomic E-state index is 13.6. The first-order valence-electron chi connectivity index (χ1n) is 12.8. The van der Waals surface area contributed by atoms with Crippen molar-refractivity contribution in [3.8, 4) is 0 Å². The van der Waals surface area contributed by atoms with Gasteiger partial charge in [0.1, 0.15) is 17.7 Å². The zero-order valence-corrected chi connectivity index (χ0v) is 24.1. The maximum Gasteiger partial charge on any atom is 0.336 e. The first-order valence-corrected chi connectivity index (χ1v) is 13.2. The fraction of sp³-hybridized carbons (Fsp3) is 0.667. The number of hydrogen-bond donors (Lipinski definition) is 4. The van der Waals surface area contributed by atoms with Crippen LogP contribution in [0, 0.1) is 11.3 Å². The summed E-state index contributed by atoms with van der Waals surface area (Å²) in [6, 6.07) is 5.90. The number of rotatable bonds is 10. The van der Waals surface area contributed by atoms with Gasteiger partial charge >= 0.3 is 12.0 Å². The Bertz CT molecular complexity index is 976. The number of amides is 3. The number of aliphatic hydroxyl groups excluding tert-OH is 1. The van der Waals surface area contributed by atoms with Crippen LogP contribution in [0.5, 0.6) is 0 Å². The van der Waals surface area contributed by atoms with E-state index in [9.17, 15) is 24.6 Å². The summed E-state index contributed by atoms with van der Waals surface area (Å²) in [4.78, 5) is 39.6. The lowest BCUT2D eigenvalue weighted by Gasteiger charge is -2.53. The van der Waals surface area contributed by atoms with Gasteiger partial charge in [-0.2, -0.15) is 0 Å². The van der Waals surface area contributed by atoms with Crippen molar-refractivity contribution < 1.29 is 34.1 Å². The molecule has 0 spiro atoms. The van der Waals surface area contributed by atoms with Gasteiger partial charge in [-0.15, -0.1) is 0 Å². The number of likely N-dealkylation sites (tertiary alicyclic amines) is 1. The summed E-state index contributed by atoms with van der Waals surface area (Å²) in [6.07, 6.45) is -0.895. The lowest BCUT2D eigenvalue weighted by Crippen LogP contribution is -2.62. The molecule has 4 N–H and O–H groups in total. The van der Waals surface area contributed by atoms with Crippen LogP contribution in [0.1, 0.15) is 60.5 Å². The summed E-state index contributed by atoms with van der Waals surface area (Å²) < 4.78 is 11.4. The van der Waals surface area contributed by atoms with E-state index in [1.54, 1.807) is 30.9 Å². The maximum atomic E-state index is 13.6. The van der Waals surface area contributed by atoms with Crippen LogP contribution in [0.4, 0.5) is 4.79 Å². The molecule has 214 valence electrons. The van der Waals surface area contributed by atoms with Gasteiger partial charge in [0, 0.05) is 30.1 Å². The van der Waals surface area contributed by atoms with E-state index in [0.29, 0.717) is 24.5 Å². The lowest BCUT2D eigenvalue weighted by atomic mass is 9.66. The predicted molar refractivity (Wildman–Crippen MR) is 143 cm³/mol. The number of piperidine rings is 1. The summed E-state index contributed by atoms with van der Waals surface area (Å²) in [5.41, 5.74) is -1.86. The Balaban J connectivity index is 2.25. The molecular weight excluding hydrogens is 514 g/mol. The summed E-state index contributed by atoms with van der Waals surface area (Å²) >= 11 is 6.12. The van der Waals surface area contributed by atoms with Gasteiger partial charge in [-0.3, -0.25) is 4.79 Å². The number of nitrogens with zero attached hydrogens (tertiary/aromatic N) is 1. The molecule has 0 saturated carbocycles. The van der Waals surface area contributed by atoms with Gasteiger partial charge in [0.15, 0.2) is 6.79 Å². The van der Waals surface area contributed by atoms with Crippen LogP contribution in [-0.2, 0) is 24.7 Å². The van der Waals surface area contributed by atoms with Gasteiger partial charge in [0.05, 0.1) is 5.60 Å². The number of benzene rings is 1. The van der Waals surface area contributed by atoms with Crippen LogP contribution in [0.15, 0.2) is 24.3 Å². The van der Waals surface area contributed by atoms with E-state index >= 15 is 0 Å². The summed E-state index contributed by atoms with van der Waals surface area (Å²) in [6.45, 7) is 12.4. The predicted octanol–water partition coefficient (Wildman–Crippen LogP) is 2.79. The minimum Gasteiger partial charge on any atom is -0.437 e. The van der Waals surface area contributed by atoms with Gasteiger partial charge in [-0.25, -0.2) is 9.59 Å². The number of carbonyl (C=O) groups is 3. The Morgan fingerprint density at radius 3 is 2.26 bits per heavy atom. The van der Waals surface area contributed by atoms with E-state index < -0.39 is 40.8 Å². The van der Waals surface area contributed by atoms with Crippen molar-refractivity contribution in [3.63, 3.8) is 0 Å². The summed E-state index contributed by atoms with van der Waals surface area (Å²) in [5, 5.41) is 25.3. The van der Waals surface area contributed by atoms with Crippen LogP contribution < -0.4 is 10.6 Å². The molecule has 1 aliphatic heterocycles. The van der Waals surface area contributed by atoms with Gasteiger partial charge in [0.2, 0.25) is 5.91 Å². The number of urea groups is 1. The van der Waals surface area contributed by atoms with Gasteiger partial charge in [-0.05, 0) is 50.8 Å². The number of hydrogen-bond acceptors (Lipinski definition) is 7. The highest BCUT2D eigenvalue weighted by molar-refractivity contribution is 6.30. The molecule has 38 heavy (non-hydrogen) atoms. The SMILES string of the molecule is CC(C)C(NC(=O)NCC(C)(C)O)C(=O)N1CC[C@](OCOC(=O)[C@H](C)O)(c2ccc(Cl)cc2)C(C)(C)C1. The van der Waals surface area contributed by atoms with Crippen molar-refractivity contribution in [2.24, 2.45) is 11.3 Å². The van der Waals surface area contributed by atoms with Crippen molar-refractivity contribution in [3.05, 3.63) is 34.9 Å². The highest BCUT2D eigenvalue weighted by Crippen LogP contribution is 2.49. The van der Waals surface area contributed by atoms with Crippen molar-refractivity contribution in [2.45, 2.75) is 78.2 Å². The quantitative estimate of drug-likeness (QED) is 0.257. The van der Waals surface area contributed by atoms with Crippen molar-refractivity contribution >= 4 is 29.5 Å². The zero-order chi connectivity index (χ0) is 28.9. The number of aliphatic hydroxyl groups is 2. The normalized spacial score (nSPS) is 21.0. The van der Waals surface area contributed by atoms with Crippen LogP contribution in [-0.4, -0.2) is 77.2 Å². The molecule has 1 aromatic carbocycles. The standard InChI is InChI=1S/C27H42ClN3O7/c1-17(2)21(30-24(35)29-14-26(6,7)36)22(33)31-13-12-27(25(4,5)15-31,19-8-10-20(28)11-9-19)38-16-37-23(34)18(3)32/h8-11,17-18,21,32,36H,12-16H2,1-7H3,(H2,29,30,35)/t18-,21?,27-/m0/s1. The first-order chi connectivity index (χ1) is 17.5. The zero-order valence-electron chi connectivity index (χ0n) is 23.3. The third-order valence-electron chi connectivity index (χ3n) is 6.78. The van der Waals surface area contributed by atoms with E-state index in [0.717, 1.165) is 5.56 Å². The summed E-state index contributed by atoms with van der Waals surface area (Å²) in [7, 11) is 0. The lowest BCUT2D eigenvalue weighted by molar-refractivity contribution is -0.221. The number of halogens is 1. The smallest absolute Gasteiger partial charge is 0.336 e. The number of esters is 1. The molecule has 0 aromatic heterocycles. The minimum atomic E-state index is -1.28. The molecule has 1 heterocycles. The largest absolute Gasteiger partial charge is 0.437 e. The van der Waals surface area contributed by atoms with E-state index in [2.05, 4.69) is 10.6 Å². The molecule has 2 rings (SSSR count). The summed E-state index contributed by atoms with van der Waals surface area (Å²) in [5.74, 6) is -1.20. The highest BCUT2D eigenvalue weighted by Gasteiger charge is 2.53. The number of ether oxygens (including phenoxy) is 2. The Kier molecular flexibility index (Phi) is 10.6. The van der Waals surface area contributed by atoms with Crippen LogP contribution in [0.2, 0.25) is 5.02 Å². The molecule has 0 bridgehead atoms. The van der Waals surface area contributed by atoms with E-state index in [1.807, 2.05) is 39.8 Å². The van der Waals surface area contributed by atoms with Crippen molar-refractivity contribution in [1.29, 1.82) is 0 Å². The second-order valence-electron chi connectivity index (χ2n) is 11.5. The second-order valence-corrected chi connectivity index (χ2v) is 11.9. The Labute approximate surface area is 230 Å². The fourth-order valence-corrected chi connectivity index (χ4v) is 4.74. The molecule has 1 aliphatic rings. The molecule has 11 heteroatoms. The molecule has 10 nitrogen and oxygen atoms in total. The first kappa shape index (κ1) is 31.8. The Morgan fingerprint density at radius 1 is 1.16 bits per heavy atom. The number of carbonyl (C=O) groups excluding carboxylic acids is 3. The molecule has 1 saturated heterocycles. The Morgan fingerprint density at radius 2 is 1.76 bits per heavy atom. The van der Waals surface area contributed by atoms with Gasteiger partial charge in [-0.1, -0.05) is 51.4 Å². The minimum absolute atomic E-state index is 0.0369.